The van der Waals surface area contributed by atoms with Crippen LogP contribution in [0.25, 0.3) is 0 Å². The van der Waals surface area contributed by atoms with Crippen molar-refractivity contribution in [2.24, 2.45) is 5.92 Å². The number of halogens is 2. The summed E-state index contributed by atoms with van der Waals surface area (Å²) in [6.45, 7) is 0.401. The third-order valence-electron chi connectivity index (χ3n) is 1.77. The maximum absolute atomic E-state index is 9.67. The summed E-state index contributed by atoms with van der Waals surface area (Å²) in [4.78, 5) is 0. The summed E-state index contributed by atoms with van der Waals surface area (Å²) in [5.74, 6) is -0.254. The summed E-state index contributed by atoms with van der Waals surface area (Å²) in [7, 11) is 0. The molecule has 0 spiro atoms. The van der Waals surface area contributed by atoms with Crippen molar-refractivity contribution in [3.8, 4) is 6.19 Å². The van der Waals surface area contributed by atoms with Crippen LogP contribution in [0.3, 0.4) is 0 Å². The second-order valence-electron chi connectivity index (χ2n) is 2.72. The summed E-state index contributed by atoms with van der Waals surface area (Å²) in [5, 5.41) is 16.8. The largest absolute Gasteiger partial charge is 0.371 e. The van der Waals surface area contributed by atoms with E-state index in [1.54, 1.807) is 12.2 Å². The Morgan fingerprint density at radius 1 is 1.69 bits per heavy atom. The first-order valence-electron chi connectivity index (χ1n) is 3.66. The number of rotatable bonds is 2. The first-order valence-corrected chi connectivity index (χ1v) is 5.01. The van der Waals surface area contributed by atoms with E-state index in [0.717, 1.165) is 0 Å². The van der Waals surface area contributed by atoms with E-state index in [1.165, 1.54) is 9.19 Å². The summed E-state index contributed by atoms with van der Waals surface area (Å²) >= 11 is 7.69. The highest BCUT2D eigenvalue weighted by Gasteiger charge is 2.32. The Kier molecular flexibility index (Phi) is 3.59. The normalized spacial score (nSPS) is 31.4. The lowest BCUT2D eigenvalue weighted by atomic mass is 9.97. The van der Waals surface area contributed by atoms with Crippen molar-refractivity contribution in [1.29, 1.82) is 5.26 Å². The maximum atomic E-state index is 9.67. The molecule has 0 aliphatic heterocycles. The van der Waals surface area contributed by atoms with E-state index in [-0.39, 0.29) is 5.92 Å². The van der Waals surface area contributed by atoms with E-state index in [2.05, 4.69) is 0 Å². The van der Waals surface area contributed by atoms with Crippen molar-refractivity contribution >= 4 is 34.5 Å². The van der Waals surface area contributed by atoms with Gasteiger partial charge >= 0.3 is 0 Å². The molecule has 0 heterocycles. The molecule has 1 N–H and O–H groups in total. The number of nitrogens with zero attached hydrogens (tertiary/aromatic N) is 2. The smallest absolute Gasteiger partial charge is 0.188 e. The van der Waals surface area contributed by atoms with E-state index in [1.807, 2.05) is 35.1 Å². The summed E-state index contributed by atoms with van der Waals surface area (Å²) in [5.41, 5.74) is 0. The highest BCUT2D eigenvalue weighted by molar-refractivity contribution is 14.1. The van der Waals surface area contributed by atoms with Crippen molar-refractivity contribution in [2.45, 2.75) is 5.06 Å². The molecule has 13 heavy (non-hydrogen) atoms. The van der Waals surface area contributed by atoms with Crippen molar-refractivity contribution in [3.63, 3.8) is 0 Å². The molecule has 2 unspecified atom stereocenters. The van der Waals surface area contributed by atoms with Crippen LogP contribution in [0.5, 0.6) is 0 Å². The highest BCUT2D eigenvalue weighted by Crippen LogP contribution is 2.29. The zero-order valence-corrected chi connectivity index (χ0v) is 9.60. The van der Waals surface area contributed by atoms with Gasteiger partial charge in [0.2, 0.25) is 0 Å². The fourth-order valence-electron chi connectivity index (χ4n) is 1.05. The van der Waals surface area contributed by atoms with E-state index < -0.39 is 5.06 Å². The van der Waals surface area contributed by atoms with Gasteiger partial charge in [-0.2, -0.15) is 5.26 Å². The van der Waals surface area contributed by atoms with E-state index in [4.69, 9.17) is 16.9 Å². The van der Waals surface area contributed by atoms with Gasteiger partial charge in [-0.3, -0.25) is 3.11 Å². The topological polar surface area (TPSA) is 47.3 Å². The predicted octanol–water partition coefficient (Wildman–Crippen LogP) is 1.79. The molecule has 0 bridgehead atoms. The number of alkyl halides is 1. The Labute approximate surface area is 95.8 Å². The van der Waals surface area contributed by atoms with Crippen LogP contribution in [-0.2, 0) is 0 Å². The fourth-order valence-corrected chi connectivity index (χ4v) is 1.69. The van der Waals surface area contributed by atoms with Crippen LogP contribution in [0, 0.1) is 17.4 Å². The molecule has 0 radical (unpaired) electrons. The van der Waals surface area contributed by atoms with Crippen LogP contribution in [0.4, 0.5) is 0 Å². The molecule has 0 aromatic carbocycles. The lowest BCUT2D eigenvalue weighted by Crippen LogP contribution is -2.35. The third kappa shape index (κ3) is 2.86. The monoisotopic (exact) mass is 310 g/mol. The van der Waals surface area contributed by atoms with Crippen LogP contribution >= 0.6 is 34.5 Å². The zero-order valence-electron chi connectivity index (χ0n) is 6.69. The first kappa shape index (κ1) is 10.8. The minimum absolute atomic E-state index is 0.254. The Balaban J connectivity index is 2.65. The highest BCUT2D eigenvalue weighted by atomic mass is 127. The van der Waals surface area contributed by atoms with Crippen LogP contribution in [-0.4, -0.2) is 19.8 Å². The summed E-state index contributed by atoms with van der Waals surface area (Å²) in [6.07, 6.45) is 8.74. The molecular formula is C8H8ClIN2O. The second-order valence-corrected chi connectivity index (χ2v) is 4.49. The quantitative estimate of drug-likeness (QED) is 0.278. The standard InChI is InChI=1S/C8H8ClIN2O/c9-8(13)4-2-1-3-7(8)5-12(10)6-11/h1-4,7,13H,5H2. The lowest BCUT2D eigenvalue weighted by Gasteiger charge is -2.28. The molecule has 1 aliphatic carbocycles. The molecule has 70 valence electrons. The number of hydrogen-bond acceptors (Lipinski definition) is 3. The van der Waals surface area contributed by atoms with Crippen LogP contribution in [0.1, 0.15) is 0 Å². The first-order chi connectivity index (χ1) is 6.06. The van der Waals surface area contributed by atoms with Crippen molar-refractivity contribution in [1.82, 2.24) is 3.11 Å². The molecule has 0 aromatic heterocycles. The number of allylic oxidation sites excluding steroid dienone is 2. The van der Waals surface area contributed by atoms with Crippen molar-refractivity contribution < 1.29 is 5.11 Å². The molecule has 0 fully saturated rings. The average molecular weight is 311 g/mol. The van der Waals surface area contributed by atoms with E-state index in [9.17, 15) is 5.11 Å². The molecule has 1 rings (SSSR count). The van der Waals surface area contributed by atoms with Crippen molar-refractivity contribution in [2.75, 3.05) is 6.54 Å². The van der Waals surface area contributed by atoms with Gasteiger partial charge in [-0.05, 0) is 6.08 Å². The van der Waals surface area contributed by atoms with Gasteiger partial charge in [-0.1, -0.05) is 29.8 Å². The van der Waals surface area contributed by atoms with Gasteiger partial charge in [-0.25, -0.2) is 0 Å². The molecular weight excluding hydrogens is 302 g/mol. The van der Waals surface area contributed by atoms with Crippen LogP contribution < -0.4 is 0 Å². The molecule has 3 nitrogen and oxygen atoms in total. The molecule has 1 aliphatic rings. The third-order valence-corrected chi connectivity index (χ3v) is 2.79. The molecule has 0 aromatic rings. The Morgan fingerprint density at radius 3 is 2.92 bits per heavy atom. The Bertz CT molecular complexity index is 282. The van der Waals surface area contributed by atoms with Gasteiger partial charge in [0.05, 0.1) is 22.9 Å². The molecule has 0 amide bonds. The van der Waals surface area contributed by atoms with Gasteiger partial charge in [0, 0.05) is 12.5 Å². The minimum atomic E-state index is -1.37. The number of hydrogen-bond donors (Lipinski definition) is 1. The number of nitriles is 1. The summed E-state index contributed by atoms with van der Waals surface area (Å²) in [6, 6.07) is 0. The van der Waals surface area contributed by atoms with E-state index in [0.29, 0.717) is 6.54 Å². The van der Waals surface area contributed by atoms with Gasteiger partial charge in [0.1, 0.15) is 0 Å². The summed E-state index contributed by atoms with van der Waals surface area (Å²) < 4.78 is 1.40. The SMILES string of the molecule is N#CN(I)CC1C=CC=CC1(O)Cl. The molecule has 5 heteroatoms. The molecule has 0 saturated carbocycles. The van der Waals surface area contributed by atoms with E-state index >= 15 is 0 Å². The second kappa shape index (κ2) is 4.31. The van der Waals surface area contributed by atoms with Crippen molar-refractivity contribution in [3.05, 3.63) is 24.3 Å². The Morgan fingerprint density at radius 2 is 2.38 bits per heavy atom. The zero-order chi connectivity index (χ0) is 9.90. The molecule has 2 atom stereocenters. The van der Waals surface area contributed by atoms with Gasteiger partial charge in [-0.15, -0.1) is 0 Å². The average Bonchev–Trinajstić information content (AvgIpc) is 2.08. The lowest BCUT2D eigenvalue weighted by molar-refractivity contribution is 0.127. The fraction of sp³-hybridized carbons (Fsp3) is 0.375. The molecule has 0 saturated heterocycles. The maximum Gasteiger partial charge on any atom is 0.188 e. The minimum Gasteiger partial charge on any atom is -0.371 e. The van der Waals surface area contributed by atoms with Crippen LogP contribution in [0.2, 0.25) is 0 Å². The van der Waals surface area contributed by atoms with Gasteiger partial charge in [0.25, 0.3) is 0 Å². The van der Waals surface area contributed by atoms with Gasteiger partial charge in [0.15, 0.2) is 11.3 Å². The Hall–Kier alpha value is -0.250. The van der Waals surface area contributed by atoms with Gasteiger partial charge < -0.3 is 5.11 Å². The number of aliphatic hydroxyl groups is 1. The van der Waals surface area contributed by atoms with Crippen LogP contribution in [0.15, 0.2) is 24.3 Å². The predicted molar refractivity (Wildman–Crippen MR) is 58.9 cm³/mol.